The van der Waals surface area contributed by atoms with Crippen molar-refractivity contribution in [1.82, 2.24) is 14.8 Å². The second kappa shape index (κ2) is 6.34. The van der Waals surface area contributed by atoms with Crippen molar-refractivity contribution in [2.75, 3.05) is 6.61 Å². The third kappa shape index (κ3) is 4.56. The first-order chi connectivity index (χ1) is 10.6. The van der Waals surface area contributed by atoms with Gasteiger partial charge in [0, 0.05) is 12.8 Å². The summed E-state index contributed by atoms with van der Waals surface area (Å²) in [5.41, 5.74) is -1.82. The molecule has 5 nitrogen and oxygen atoms in total. The van der Waals surface area contributed by atoms with Crippen LogP contribution >= 0.6 is 11.8 Å². The molecule has 0 bridgehead atoms. The number of oxazole rings is 1. The van der Waals surface area contributed by atoms with Crippen LogP contribution < -0.4 is 4.74 Å². The first kappa shape index (κ1) is 17.5. The van der Waals surface area contributed by atoms with Gasteiger partial charge in [-0.1, -0.05) is 11.8 Å². The number of aryl methyl sites for hydroxylation is 1. The summed E-state index contributed by atoms with van der Waals surface area (Å²) in [5, 5.41) is 3.29. The second-order valence-electron chi connectivity index (χ2n) is 4.24. The van der Waals surface area contributed by atoms with Crippen LogP contribution in [0, 0.1) is 0 Å². The summed E-state index contributed by atoms with van der Waals surface area (Å²) in [4.78, 5) is 3.71. The molecule has 0 fully saturated rings. The van der Waals surface area contributed by atoms with Crippen molar-refractivity contribution in [3.05, 3.63) is 23.7 Å². The summed E-state index contributed by atoms with van der Waals surface area (Å²) in [6.07, 6.45) is -7.01. The van der Waals surface area contributed by atoms with E-state index < -0.39 is 36.1 Å². The lowest BCUT2D eigenvalue weighted by molar-refractivity contribution is -0.154. The fraction of sp³-hybridized carbons (Fsp3) is 0.455. The molecule has 0 saturated heterocycles. The molecule has 2 heterocycles. The van der Waals surface area contributed by atoms with E-state index in [1.165, 1.54) is 12.5 Å². The minimum Gasteiger partial charge on any atom is -0.468 e. The van der Waals surface area contributed by atoms with Gasteiger partial charge in [-0.3, -0.25) is 0 Å². The van der Waals surface area contributed by atoms with E-state index in [0.717, 1.165) is 18.8 Å². The summed E-state index contributed by atoms with van der Waals surface area (Å²) in [6.45, 7) is -1.72. The Kier molecular flexibility index (Phi) is 4.82. The van der Waals surface area contributed by atoms with E-state index in [1.807, 2.05) is 0 Å². The van der Waals surface area contributed by atoms with E-state index in [9.17, 15) is 26.3 Å². The topological polar surface area (TPSA) is 53.1 Å². The molecule has 0 unspecified atom stereocenters. The molecule has 0 saturated carbocycles. The first-order valence-electron chi connectivity index (χ1n) is 5.93. The number of hydrogen-bond donors (Lipinski definition) is 0. The Morgan fingerprint density at radius 2 is 1.96 bits per heavy atom. The van der Waals surface area contributed by atoms with Crippen molar-refractivity contribution < 1.29 is 35.5 Å². The molecule has 2 aromatic rings. The fourth-order valence-electron chi connectivity index (χ4n) is 1.66. The van der Waals surface area contributed by atoms with Crippen molar-refractivity contribution in [2.45, 2.75) is 23.3 Å². The van der Waals surface area contributed by atoms with Gasteiger partial charge in [0.25, 0.3) is 5.22 Å². The highest BCUT2D eigenvalue weighted by atomic mass is 32.2. The van der Waals surface area contributed by atoms with Crippen molar-refractivity contribution in [3.8, 4) is 5.88 Å². The van der Waals surface area contributed by atoms with E-state index in [0.29, 0.717) is 4.68 Å². The number of rotatable bonds is 5. The maximum atomic E-state index is 13.0. The highest BCUT2D eigenvalue weighted by Crippen LogP contribution is 2.38. The van der Waals surface area contributed by atoms with Gasteiger partial charge in [0.1, 0.15) is 6.26 Å². The average molecular weight is 361 g/mol. The molecule has 0 aliphatic heterocycles. The van der Waals surface area contributed by atoms with E-state index in [-0.39, 0.29) is 11.0 Å². The normalized spacial score (nSPS) is 12.7. The Labute approximate surface area is 129 Å². The molecular formula is C11H9F6N3O2S. The largest absolute Gasteiger partial charge is 0.468 e. The molecule has 23 heavy (non-hydrogen) atoms. The molecule has 128 valence electrons. The summed E-state index contributed by atoms with van der Waals surface area (Å²) in [5.74, 6) is -0.968. The van der Waals surface area contributed by atoms with Crippen LogP contribution in [-0.4, -0.2) is 27.5 Å². The maximum absolute atomic E-state index is 13.0. The lowest BCUT2D eigenvalue weighted by atomic mass is 10.2. The van der Waals surface area contributed by atoms with Crippen LogP contribution in [0.3, 0.4) is 0 Å². The van der Waals surface area contributed by atoms with Crippen molar-refractivity contribution in [1.29, 1.82) is 0 Å². The summed E-state index contributed by atoms with van der Waals surface area (Å²) < 4.78 is 85.7. The Balaban J connectivity index is 2.30. The van der Waals surface area contributed by atoms with Crippen LogP contribution in [0.1, 0.15) is 11.3 Å². The third-order valence-electron chi connectivity index (χ3n) is 2.48. The SMILES string of the molecule is Cn1nc(C(F)(F)F)c(CSc2ncco2)c1OCC(F)(F)F. The molecule has 0 aliphatic carbocycles. The number of thioether (sulfide) groups is 1. The standard InChI is InChI=1S/C11H9F6N3O2S/c1-20-8(22-5-10(12,13)14)6(7(19-20)11(15,16)17)4-23-9-18-2-3-21-9/h2-3H,4-5H2,1H3. The predicted octanol–water partition coefficient (Wildman–Crippen LogP) is 3.66. The van der Waals surface area contributed by atoms with Gasteiger partial charge in [-0.2, -0.15) is 31.4 Å². The van der Waals surface area contributed by atoms with Crippen LogP contribution in [0.2, 0.25) is 0 Å². The molecular weight excluding hydrogens is 352 g/mol. The molecule has 0 radical (unpaired) electrons. The summed E-state index contributed by atoms with van der Waals surface area (Å²) in [6, 6.07) is 0. The summed E-state index contributed by atoms with van der Waals surface area (Å²) >= 11 is 0.779. The zero-order valence-corrected chi connectivity index (χ0v) is 12.2. The molecule has 0 aromatic carbocycles. The molecule has 0 amide bonds. The minimum atomic E-state index is -4.83. The highest BCUT2D eigenvalue weighted by molar-refractivity contribution is 7.98. The fourth-order valence-corrected chi connectivity index (χ4v) is 2.44. The van der Waals surface area contributed by atoms with Crippen molar-refractivity contribution in [2.24, 2.45) is 7.05 Å². The lowest BCUT2D eigenvalue weighted by Crippen LogP contribution is -2.20. The molecule has 0 N–H and O–H groups in total. The third-order valence-corrected chi connectivity index (χ3v) is 3.36. The molecule has 2 aromatic heterocycles. The zero-order chi connectivity index (χ0) is 17.3. The monoisotopic (exact) mass is 361 g/mol. The van der Waals surface area contributed by atoms with Crippen LogP contribution in [0.25, 0.3) is 0 Å². The molecule has 2 rings (SSSR count). The Morgan fingerprint density at radius 1 is 1.26 bits per heavy atom. The summed E-state index contributed by atoms with van der Waals surface area (Å²) in [7, 11) is 1.07. The average Bonchev–Trinajstić information content (AvgIpc) is 3.00. The van der Waals surface area contributed by atoms with E-state index in [4.69, 9.17) is 4.42 Å². The van der Waals surface area contributed by atoms with Gasteiger partial charge in [-0.15, -0.1) is 0 Å². The van der Waals surface area contributed by atoms with Crippen molar-refractivity contribution >= 4 is 11.8 Å². The molecule has 12 heteroatoms. The van der Waals surface area contributed by atoms with Gasteiger partial charge in [-0.25, -0.2) is 9.67 Å². The van der Waals surface area contributed by atoms with E-state index >= 15 is 0 Å². The number of nitrogens with zero attached hydrogens (tertiary/aromatic N) is 3. The Hall–Kier alpha value is -1.85. The molecule has 0 spiro atoms. The van der Waals surface area contributed by atoms with Crippen LogP contribution in [0.15, 0.2) is 22.1 Å². The van der Waals surface area contributed by atoms with Crippen LogP contribution in [-0.2, 0) is 19.0 Å². The van der Waals surface area contributed by atoms with E-state index in [1.54, 1.807) is 0 Å². The van der Waals surface area contributed by atoms with Gasteiger partial charge < -0.3 is 9.15 Å². The minimum absolute atomic E-state index is 0.0729. The molecule has 0 atom stereocenters. The number of alkyl halides is 6. The number of aromatic nitrogens is 3. The maximum Gasteiger partial charge on any atom is 0.435 e. The Bertz CT molecular complexity index is 650. The van der Waals surface area contributed by atoms with Gasteiger partial charge in [-0.05, 0) is 0 Å². The second-order valence-corrected chi connectivity index (χ2v) is 5.17. The smallest absolute Gasteiger partial charge is 0.435 e. The van der Waals surface area contributed by atoms with Crippen LogP contribution in [0.5, 0.6) is 5.88 Å². The first-order valence-corrected chi connectivity index (χ1v) is 6.91. The van der Waals surface area contributed by atoms with Gasteiger partial charge in [0.2, 0.25) is 5.88 Å². The van der Waals surface area contributed by atoms with Crippen LogP contribution in [0.4, 0.5) is 26.3 Å². The lowest BCUT2D eigenvalue weighted by Gasteiger charge is -2.11. The predicted molar refractivity (Wildman–Crippen MR) is 65.8 cm³/mol. The zero-order valence-electron chi connectivity index (χ0n) is 11.4. The van der Waals surface area contributed by atoms with Gasteiger partial charge >= 0.3 is 12.4 Å². The number of halogens is 6. The Morgan fingerprint density at radius 3 is 2.48 bits per heavy atom. The van der Waals surface area contributed by atoms with E-state index in [2.05, 4.69) is 14.8 Å². The highest BCUT2D eigenvalue weighted by Gasteiger charge is 2.40. The van der Waals surface area contributed by atoms with Gasteiger partial charge in [0.15, 0.2) is 12.3 Å². The van der Waals surface area contributed by atoms with Crippen molar-refractivity contribution in [3.63, 3.8) is 0 Å². The van der Waals surface area contributed by atoms with Gasteiger partial charge in [0.05, 0.1) is 11.8 Å². The quantitative estimate of drug-likeness (QED) is 0.601. The number of ether oxygens (including phenoxy) is 1. The number of hydrogen-bond acceptors (Lipinski definition) is 5. The molecule has 0 aliphatic rings.